The van der Waals surface area contributed by atoms with Crippen LogP contribution in [0.3, 0.4) is 0 Å². The van der Waals surface area contributed by atoms with Crippen molar-refractivity contribution in [3.8, 4) is 0 Å². The summed E-state index contributed by atoms with van der Waals surface area (Å²) in [5, 5.41) is 3.70. The Labute approximate surface area is 123 Å². The molecular weight excluding hydrogens is 246 g/mol. The highest BCUT2D eigenvalue weighted by molar-refractivity contribution is 5.29. The number of likely N-dealkylation sites (tertiary alicyclic amines) is 1. The zero-order valence-electron chi connectivity index (χ0n) is 12.8. The summed E-state index contributed by atoms with van der Waals surface area (Å²) in [6.45, 7) is 4.69. The summed E-state index contributed by atoms with van der Waals surface area (Å²) in [4.78, 5) is 5.03. The van der Waals surface area contributed by atoms with Crippen molar-refractivity contribution in [2.45, 2.75) is 37.9 Å². The van der Waals surface area contributed by atoms with Crippen LogP contribution in [-0.4, -0.2) is 55.6 Å². The number of hydrogen-bond acceptors (Lipinski definition) is 3. The average Bonchev–Trinajstić information content (AvgIpc) is 2.48. The summed E-state index contributed by atoms with van der Waals surface area (Å²) < 4.78 is 0. The van der Waals surface area contributed by atoms with Gasteiger partial charge in [-0.05, 0) is 57.6 Å². The maximum Gasteiger partial charge on any atom is 0.0238 e. The molecule has 1 aromatic rings. The molecule has 0 radical (unpaired) electrons. The lowest BCUT2D eigenvalue weighted by Crippen LogP contribution is -2.49. The zero-order chi connectivity index (χ0) is 13.9. The number of benzene rings is 1. The van der Waals surface area contributed by atoms with Crippen LogP contribution in [0.1, 0.15) is 24.0 Å². The first kappa shape index (κ1) is 14.1. The molecule has 3 rings (SSSR count). The fourth-order valence-electron chi connectivity index (χ4n) is 3.58. The molecule has 0 amide bonds. The molecule has 1 fully saturated rings. The first-order valence-electron chi connectivity index (χ1n) is 7.91. The predicted octanol–water partition coefficient (Wildman–Crippen LogP) is 1.73. The number of likely N-dealkylation sites (N-methyl/N-ethyl adjacent to an activating group) is 1. The molecule has 0 bridgehead atoms. The van der Waals surface area contributed by atoms with Crippen LogP contribution in [0, 0.1) is 0 Å². The van der Waals surface area contributed by atoms with Gasteiger partial charge in [0.25, 0.3) is 0 Å². The summed E-state index contributed by atoms with van der Waals surface area (Å²) in [5.41, 5.74) is 3.01. The predicted molar refractivity (Wildman–Crippen MR) is 83.9 cm³/mol. The van der Waals surface area contributed by atoms with Crippen LogP contribution in [-0.2, 0) is 13.0 Å². The fraction of sp³-hybridized carbons (Fsp3) is 0.647. The molecule has 1 aromatic carbocycles. The first-order valence-corrected chi connectivity index (χ1v) is 7.91. The zero-order valence-corrected chi connectivity index (χ0v) is 12.8. The molecule has 3 heteroatoms. The van der Waals surface area contributed by atoms with Crippen molar-refractivity contribution >= 4 is 0 Å². The standard InChI is InChI=1S/C17H27N3/c1-19-9-7-17(8-10-19)20(2)13-16-11-14-5-3-4-6-15(14)12-18-16/h3-6,16-18H,7-13H2,1-2H3. The summed E-state index contributed by atoms with van der Waals surface area (Å²) in [5.74, 6) is 0. The SMILES string of the molecule is CN1CCC(N(C)CC2Cc3ccccc3CN2)CC1. The topological polar surface area (TPSA) is 18.5 Å². The molecule has 3 nitrogen and oxygen atoms in total. The van der Waals surface area contributed by atoms with Crippen molar-refractivity contribution in [3.05, 3.63) is 35.4 Å². The van der Waals surface area contributed by atoms with Gasteiger partial charge < -0.3 is 15.1 Å². The molecule has 2 aliphatic heterocycles. The molecule has 0 saturated carbocycles. The summed E-state index contributed by atoms with van der Waals surface area (Å²) in [6.07, 6.45) is 3.81. The van der Waals surface area contributed by atoms with E-state index >= 15 is 0 Å². The molecule has 0 spiro atoms. The minimum absolute atomic E-state index is 0.606. The van der Waals surface area contributed by atoms with Gasteiger partial charge in [0.1, 0.15) is 0 Å². The van der Waals surface area contributed by atoms with Gasteiger partial charge in [0.2, 0.25) is 0 Å². The largest absolute Gasteiger partial charge is 0.308 e. The Balaban J connectivity index is 1.54. The fourth-order valence-corrected chi connectivity index (χ4v) is 3.58. The number of nitrogens with one attached hydrogen (secondary N) is 1. The molecule has 0 aliphatic carbocycles. The van der Waals surface area contributed by atoms with Crippen LogP contribution in [0.25, 0.3) is 0 Å². The lowest BCUT2D eigenvalue weighted by molar-refractivity contribution is 0.133. The van der Waals surface area contributed by atoms with Gasteiger partial charge in [-0.1, -0.05) is 24.3 Å². The number of piperidine rings is 1. The van der Waals surface area contributed by atoms with Crippen molar-refractivity contribution in [2.24, 2.45) is 0 Å². The third kappa shape index (κ3) is 3.22. The molecule has 2 aliphatic rings. The Morgan fingerprint density at radius 3 is 2.65 bits per heavy atom. The molecule has 1 atom stereocenters. The maximum atomic E-state index is 3.70. The smallest absolute Gasteiger partial charge is 0.0238 e. The van der Waals surface area contributed by atoms with Crippen LogP contribution < -0.4 is 5.32 Å². The molecule has 1 N–H and O–H groups in total. The van der Waals surface area contributed by atoms with Crippen molar-refractivity contribution in [1.29, 1.82) is 0 Å². The highest BCUT2D eigenvalue weighted by Gasteiger charge is 2.24. The van der Waals surface area contributed by atoms with E-state index in [1.165, 1.54) is 50.0 Å². The Hall–Kier alpha value is -0.900. The Kier molecular flexibility index (Phi) is 4.39. The van der Waals surface area contributed by atoms with E-state index in [1.807, 2.05) is 0 Å². The van der Waals surface area contributed by atoms with Gasteiger partial charge >= 0.3 is 0 Å². The van der Waals surface area contributed by atoms with Crippen LogP contribution >= 0.6 is 0 Å². The van der Waals surface area contributed by atoms with E-state index < -0.39 is 0 Å². The molecule has 1 saturated heterocycles. The van der Waals surface area contributed by atoms with Gasteiger partial charge in [-0.3, -0.25) is 0 Å². The highest BCUT2D eigenvalue weighted by atomic mass is 15.2. The van der Waals surface area contributed by atoms with E-state index in [0.717, 1.165) is 12.6 Å². The monoisotopic (exact) mass is 273 g/mol. The van der Waals surface area contributed by atoms with Crippen molar-refractivity contribution in [3.63, 3.8) is 0 Å². The van der Waals surface area contributed by atoms with Gasteiger partial charge in [0.15, 0.2) is 0 Å². The number of hydrogen-bond donors (Lipinski definition) is 1. The van der Waals surface area contributed by atoms with Crippen molar-refractivity contribution in [2.75, 3.05) is 33.7 Å². The third-order valence-electron chi connectivity index (χ3n) is 4.99. The minimum atomic E-state index is 0.606. The van der Waals surface area contributed by atoms with E-state index in [4.69, 9.17) is 0 Å². The average molecular weight is 273 g/mol. The summed E-state index contributed by atoms with van der Waals surface area (Å²) in [7, 11) is 4.54. The van der Waals surface area contributed by atoms with Gasteiger partial charge in [-0.15, -0.1) is 0 Å². The molecule has 110 valence electrons. The van der Waals surface area contributed by atoms with Gasteiger partial charge in [0.05, 0.1) is 0 Å². The normalized spacial score (nSPS) is 24.9. The minimum Gasteiger partial charge on any atom is -0.308 e. The second kappa shape index (κ2) is 6.25. The Bertz CT molecular complexity index is 438. The maximum absolute atomic E-state index is 3.70. The lowest BCUT2D eigenvalue weighted by Gasteiger charge is -2.38. The van der Waals surface area contributed by atoms with Crippen molar-refractivity contribution < 1.29 is 0 Å². The highest BCUT2D eigenvalue weighted by Crippen LogP contribution is 2.19. The van der Waals surface area contributed by atoms with E-state index in [0.29, 0.717) is 6.04 Å². The van der Waals surface area contributed by atoms with Gasteiger partial charge in [-0.25, -0.2) is 0 Å². The first-order chi connectivity index (χ1) is 9.72. The van der Waals surface area contributed by atoms with Gasteiger partial charge in [-0.2, -0.15) is 0 Å². The van der Waals surface area contributed by atoms with E-state index in [-0.39, 0.29) is 0 Å². The second-order valence-electron chi connectivity index (χ2n) is 6.52. The van der Waals surface area contributed by atoms with Crippen LogP contribution in [0.4, 0.5) is 0 Å². The number of nitrogens with zero attached hydrogens (tertiary/aromatic N) is 2. The lowest BCUT2D eigenvalue weighted by atomic mass is 9.95. The van der Waals surface area contributed by atoms with E-state index in [9.17, 15) is 0 Å². The van der Waals surface area contributed by atoms with E-state index in [2.05, 4.69) is 53.5 Å². The second-order valence-corrected chi connectivity index (χ2v) is 6.52. The summed E-state index contributed by atoms with van der Waals surface area (Å²) in [6, 6.07) is 10.2. The molecule has 0 aromatic heterocycles. The van der Waals surface area contributed by atoms with Crippen LogP contribution in [0.15, 0.2) is 24.3 Å². The quantitative estimate of drug-likeness (QED) is 0.905. The van der Waals surface area contributed by atoms with Crippen molar-refractivity contribution in [1.82, 2.24) is 15.1 Å². The third-order valence-corrected chi connectivity index (χ3v) is 4.99. The molecular formula is C17H27N3. The number of fused-ring (bicyclic) bond motifs is 1. The van der Waals surface area contributed by atoms with Crippen LogP contribution in [0.2, 0.25) is 0 Å². The molecule has 1 unspecified atom stereocenters. The molecule has 20 heavy (non-hydrogen) atoms. The number of rotatable bonds is 3. The van der Waals surface area contributed by atoms with Gasteiger partial charge in [0, 0.05) is 25.2 Å². The van der Waals surface area contributed by atoms with E-state index in [1.54, 1.807) is 0 Å². The summed E-state index contributed by atoms with van der Waals surface area (Å²) >= 11 is 0. The Morgan fingerprint density at radius 1 is 1.20 bits per heavy atom. The molecule has 2 heterocycles. The Morgan fingerprint density at radius 2 is 1.90 bits per heavy atom. The van der Waals surface area contributed by atoms with Crippen LogP contribution in [0.5, 0.6) is 0 Å².